The Morgan fingerprint density at radius 2 is 1.64 bits per heavy atom. The van der Waals surface area contributed by atoms with Crippen LogP contribution in [0.15, 0.2) is 63.4 Å². The Morgan fingerprint density at radius 1 is 0.864 bits per heavy atom. The van der Waals surface area contributed by atoms with Crippen molar-refractivity contribution >= 4 is 16.8 Å². The molecule has 2 N–H and O–H groups in total. The summed E-state index contributed by atoms with van der Waals surface area (Å²) in [6, 6.07) is 17.2. The monoisotopic (exact) mass is 290 g/mol. The van der Waals surface area contributed by atoms with E-state index in [-0.39, 0.29) is 0 Å². The number of aromatic nitrogens is 1. The van der Waals surface area contributed by atoms with Crippen molar-refractivity contribution in [1.82, 2.24) is 4.98 Å². The number of rotatable bonds is 2. The Hall–Kier alpha value is -3.01. The number of nitrogens with two attached hydrogens (primary N) is 1. The molecule has 2 aromatic heterocycles. The first-order valence-corrected chi connectivity index (χ1v) is 7.02. The SMILES string of the molecule is Cc1ccc2oc(-c3ccc(-c4ccc(N)cc4)o3)nc2c1. The van der Waals surface area contributed by atoms with Gasteiger partial charge in [-0.15, -0.1) is 0 Å². The molecule has 22 heavy (non-hydrogen) atoms. The number of hydrogen-bond donors (Lipinski definition) is 1. The smallest absolute Gasteiger partial charge is 0.263 e. The van der Waals surface area contributed by atoms with Crippen molar-refractivity contribution in [3.63, 3.8) is 0 Å². The highest BCUT2D eigenvalue weighted by atomic mass is 16.4. The van der Waals surface area contributed by atoms with Crippen molar-refractivity contribution in [3.8, 4) is 23.0 Å². The van der Waals surface area contributed by atoms with Crippen LogP contribution in [0.3, 0.4) is 0 Å². The molecule has 108 valence electrons. The molecule has 0 spiro atoms. The van der Waals surface area contributed by atoms with Gasteiger partial charge in [0.15, 0.2) is 11.3 Å². The van der Waals surface area contributed by atoms with E-state index in [4.69, 9.17) is 14.6 Å². The fourth-order valence-corrected chi connectivity index (χ4v) is 2.40. The van der Waals surface area contributed by atoms with Crippen molar-refractivity contribution in [3.05, 3.63) is 60.2 Å². The van der Waals surface area contributed by atoms with E-state index in [1.165, 1.54) is 0 Å². The van der Waals surface area contributed by atoms with Crippen LogP contribution in [0.2, 0.25) is 0 Å². The lowest BCUT2D eigenvalue weighted by atomic mass is 10.1. The summed E-state index contributed by atoms with van der Waals surface area (Å²) >= 11 is 0. The Balaban J connectivity index is 1.74. The highest BCUT2D eigenvalue weighted by Crippen LogP contribution is 2.30. The van der Waals surface area contributed by atoms with Gasteiger partial charge in [-0.1, -0.05) is 6.07 Å². The van der Waals surface area contributed by atoms with Crippen LogP contribution in [-0.2, 0) is 0 Å². The molecule has 0 saturated carbocycles. The van der Waals surface area contributed by atoms with E-state index in [0.717, 1.165) is 33.7 Å². The molecule has 0 aliphatic rings. The van der Waals surface area contributed by atoms with Crippen molar-refractivity contribution in [2.75, 3.05) is 5.73 Å². The van der Waals surface area contributed by atoms with Gasteiger partial charge in [-0.3, -0.25) is 0 Å². The molecule has 0 amide bonds. The maximum Gasteiger partial charge on any atom is 0.263 e. The lowest BCUT2D eigenvalue weighted by Gasteiger charge is -1.97. The molecule has 2 heterocycles. The fraction of sp³-hybridized carbons (Fsp3) is 0.0556. The largest absolute Gasteiger partial charge is 0.451 e. The molecule has 4 heteroatoms. The minimum Gasteiger partial charge on any atom is -0.451 e. The van der Waals surface area contributed by atoms with Gasteiger partial charge in [-0.2, -0.15) is 0 Å². The summed E-state index contributed by atoms with van der Waals surface area (Å²) in [5.74, 6) is 1.86. The van der Waals surface area contributed by atoms with Crippen LogP contribution in [0.5, 0.6) is 0 Å². The highest BCUT2D eigenvalue weighted by molar-refractivity contribution is 5.76. The molecular formula is C18H14N2O2. The first-order valence-electron chi connectivity index (χ1n) is 7.02. The average Bonchev–Trinajstić information content (AvgIpc) is 3.13. The normalized spacial score (nSPS) is 11.1. The third-order valence-electron chi connectivity index (χ3n) is 3.56. The summed E-state index contributed by atoms with van der Waals surface area (Å²) in [6.45, 7) is 2.03. The van der Waals surface area contributed by atoms with Crippen LogP contribution in [0, 0.1) is 6.92 Å². The quantitative estimate of drug-likeness (QED) is 0.546. The zero-order valence-corrected chi connectivity index (χ0v) is 12.0. The average molecular weight is 290 g/mol. The molecule has 0 aliphatic carbocycles. The molecule has 4 nitrogen and oxygen atoms in total. The predicted molar refractivity (Wildman–Crippen MR) is 86.3 cm³/mol. The van der Waals surface area contributed by atoms with Gasteiger partial charge in [0.25, 0.3) is 5.89 Å². The van der Waals surface area contributed by atoms with Gasteiger partial charge in [-0.05, 0) is 61.0 Å². The number of oxazole rings is 1. The standard InChI is InChI=1S/C18H14N2O2/c1-11-2-7-16-14(10-11)20-18(22-16)17-9-8-15(21-17)12-3-5-13(19)6-4-12/h2-10H,19H2,1H3. The molecule has 2 aromatic carbocycles. The second kappa shape index (κ2) is 4.77. The maximum absolute atomic E-state index is 5.86. The molecule has 0 atom stereocenters. The van der Waals surface area contributed by atoms with Gasteiger partial charge in [0.05, 0.1) is 0 Å². The summed E-state index contributed by atoms with van der Waals surface area (Å²) in [6.07, 6.45) is 0. The molecule has 0 fully saturated rings. The van der Waals surface area contributed by atoms with E-state index < -0.39 is 0 Å². The van der Waals surface area contributed by atoms with E-state index in [1.807, 2.05) is 61.5 Å². The molecule has 4 aromatic rings. The highest BCUT2D eigenvalue weighted by Gasteiger charge is 2.13. The van der Waals surface area contributed by atoms with Crippen LogP contribution >= 0.6 is 0 Å². The Bertz CT molecular complexity index is 949. The zero-order valence-electron chi connectivity index (χ0n) is 12.0. The van der Waals surface area contributed by atoms with Crippen LogP contribution in [0.25, 0.3) is 34.1 Å². The first kappa shape index (κ1) is 12.7. The number of nitrogen functional groups attached to an aromatic ring is 1. The van der Waals surface area contributed by atoms with Crippen molar-refractivity contribution < 1.29 is 8.83 Å². The van der Waals surface area contributed by atoms with E-state index >= 15 is 0 Å². The van der Waals surface area contributed by atoms with Crippen molar-refractivity contribution in [2.45, 2.75) is 6.92 Å². The Labute approximate surface area is 127 Å². The molecular weight excluding hydrogens is 276 g/mol. The zero-order chi connectivity index (χ0) is 15.1. The number of hydrogen-bond acceptors (Lipinski definition) is 4. The molecule has 0 aliphatic heterocycles. The van der Waals surface area contributed by atoms with Gasteiger partial charge in [-0.25, -0.2) is 4.98 Å². The van der Waals surface area contributed by atoms with Crippen LogP contribution < -0.4 is 5.73 Å². The van der Waals surface area contributed by atoms with E-state index in [1.54, 1.807) is 0 Å². The van der Waals surface area contributed by atoms with E-state index in [9.17, 15) is 0 Å². The number of aryl methyl sites for hydroxylation is 1. The molecule has 0 radical (unpaired) electrons. The number of benzene rings is 2. The summed E-state index contributed by atoms with van der Waals surface area (Å²) in [4.78, 5) is 4.48. The van der Waals surface area contributed by atoms with Gasteiger partial charge in [0.2, 0.25) is 0 Å². The van der Waals surface area contributed by atoms with Crippen molar-refractivity contribution in [2.24, 2.45) is 0 Å². The Kier molecular flexibility index (Phi) is 2.76. The van der Waals surface area contributed by atoms with Crippen LogP contribution in [0.4, 0.5) is 5.69 Å². The third-order valence-corrected chi connectivity index (χ3v) is 3.56. The number of nitrogens with zero attached hydrogens (tertiary/aromatic N) is 1. The van der Waals surface area contributed by atoms with Crippen LogP contribution in [0.1, 0.15) is 5.56 Å². The van der Waals surface area contributed by atoms with Gasteiger partial charge in [0, 0.05) is 11.3 Å². The number of fused-ring (bicyclic) bond motifs is 1. The van der Waals surface area contributed by atoms with Gasteiger partial charge < -0.3 is 14.6 Å². The Morgan fingerprint density at radius 3 is 2.45 bits per heavy atom. The lowest BCUT2D eigenvalue weighted by Crippen LogP contribution is -1.82. The van der Waals surface area contributed by atoms with E-state index in [0.29, 0.717) is 11.7 Å². The van der Waals surface area contributed by atoms with E-state index in [2.05, 4.69) is 4.98 Å². The summed E-state index contributed by atoms with van der Waals surface area (Å²) in [5.41, 5.74) is 10.1. The number of anilines is 1. The van der Waals surface area contributed by atoms with Crippen molar-refractivity contribution in [1.29, 1.82) is 0 Å². The maximum atomic E-state index is 5.86. The lowest BCUT2D eigenvalue weighted by molar-refractivity contribution is 0.543. The fourth-order valence-electron chi connectivity index (χ4n) is 2.40. The van der Waals surface area contributed by atoms with Gasteiger partial charge in [0.1, 0.15) is 11.3 Å². The summed E-state index contributed by atoms with van der Waals surface area (Å²) in [5, 5.41) is 0. The molecule has 0 bridgehead atoms. The predicted octanol–water partition coefficient (Wildman–Crippen LogP) is 4.65. The first-order chi connectivity index (χ1) is 10.7. The topological polar surface area (TPSA) is 65.2 Å². The molecule has 0 saturated heterocycles. The second-order valence-corrected chi connectivity index (χ2v) is 5.28. The summed E-state index contributed by atoms with van der Waals surface area (Å²) in [7, 11) is 0. The molecule has 0 unspecified atom stereocenters. The van der Waals surface area contributed by atoms with Crippen LogP contribution in [-0.4, -0.2) is 4.98 Å². The minimum absolute atomic E-state index is 0.488. The third kappa shape index (κ3) is 2.15. The summed E-state index contributed by atoms with van der Waals surface area (Å²) < 4.78 is 11.6. The molecule has 4 rings (SSSR count). The van der Waals surface area contributed by atoms with Gasteiger partial charge >= 0.3 is 0 Å². The second-order valence-electron chi connectivity index (χ2n) is 5.28. The number of furan rings is 1. The minimum atomic E-state index is 0.488.